The van der Waals surface area contributed by atoms with Crippen LogP contribution >= 0.6 is 23.2 Å². The van der Waals surface area contributed by atoms with Crippen molar-refractivity contribution >= 4 is 40.7 Å². The molecule has 2 aromatic carbocycles. The summed E-state index contributed by atoms with van der Waals surface area (Å²) < 4.78 is 5.66. The lowest BCUT2D eigenvalue weighted by molar-refractivity contribution is -0.140. The normalized spacial score (nSPS) is 17.3. The summed E-state index contributed by atoms with van der Waals surface area (Å²) in [6.07, 6.45) is 4.05. The zero-order valence-electron chi connectivity index (χ0n) is 18.4. The van der Waals surface area contributed by atoms with Gasteiger partial charge in [0.1, 0.15) is 11.5 Å². The van der Waals surface area contributed by atoms with Crippen LogP contribution in [0.1, 0.15) is 36.1 Å². The number of nitrogens with zero attached hydrogens (tertiary/aromatic N) is 2. The third kappa shape index (κ3) is 4.79. The van der Waals surface area contributed by atoms with Crippen LogP contribution in [0, 0.1) is 0 Å². The molecule has 1 atom stereocenters. The summed E-state index contributed by atoms with van der Waals surface area (Å²) in [5.74, 6) is -1.22. The molecule has 0 aliphatic carbocycles. The maximum atomic E-state index is 13.2. The van der Waals surface area contributed by atoms with Gasteiger partial charge >= 0.3 is 0 Å². The summed E-state index contributed by atoms with van der Waals surface area (Å²) >= 11 is 12.4. The zero-order valence-corrected chi connectivity index (χ0v) is 19.9. The van der Waals surface area contributed by atoms with E-state index in [0.29, 0.717) is 28.5 Å². The average molecular weight is 497 g/mol. The van der Waals surface area contributed by atoms with Crippen molar-refractivity contribution in [3.63, 3.8) is 0 Å². The van der Waals surface area contributed by atoms with Crippen molar-refractivity contribution in [2.75, 3.05) is 6.61 Å². The lowest BCUT2D eigenvalue weighted by atomic mass is 9.95. The van der Waals surface area contributed by atoms with Gasteiger partial charge < -0.3 is 14.7 Å². The first-order valence-corrected chi connectivity index (χ1v) is 11.5. The first-order valence-electron chi connectivity index (χ1n) is 10.8. The van der Waals surface area contributed by atoms with Gasteiger partial charge in [0.25, 0.3) is 11.7 Å². The number of aliphatic hydroxyl groups excluding tert-OH is 1. The van der Waals surface area contributed by atoms with Crippen molar-refractivity contribution in [1.29, 1.82) is 0 Å². The van der Waals surface area contributed by atoms with E-state index in [-0.39, 0.29) is 22.9 Å². The fourth-order valence-electron chi connectivity index (χ4n) is 3.87. The Hall–Kier alpha value is -3.35. The molecule has 1 aliphatic heterocycles. The fourth-order valence-corrected chi connectivity index (χ4v) is 4.17. The zero-order chi connectivity index (χ0) is 24.2. The third-order valence-electron chi connectivity index (χ3n) is 5.48. The highest BCUT2D eigenvalue weighted by molar-refractivity contribution is 6.46. The number of carbonyl (C=O) groups excluding carboxylic acids is 2. The second-order valence-corrected chi connectivity index (χ2v) is 8.65. The van der Waals surface area contributed by atoms with Gasteiger partial charge in [-0.25, -0.2) is 0 Å². The Labute approximate surface area is 207 Å². The number of carbonyl (C=O) groups is 2. The number of pyridine rings is 1. The molecule has 1 N–H and O–H groups in total. The summed E-state index contributed by atoms with van der Waals surface area (Å²) in [5, 5.41) is 11.9. The summed E-state index contributed by atoms with van der Waals surface area (Å²) in [6, 6.07) is 14.4. The molecule has 3 aromatic rings. The Morgan fingerprint density at radius 3 is 2.53 bits per heavy atom. The summed E-state index contributed by atoms with van der Waals surface area (Å²) in [6.45, 7) is 2.66. The Balaban J connectivity index is 1.84. The fraction of sp³-hybridized carbons (Fsp3) is 0.192. The molecule has 1 aliphatic rings. The van der Waals surface area contributed by atoms with Crippen molar-refractivity contribution in [2.45, 2.75) is 25.9 Å². The predicted molar refractivity (Wildman–Crippen MR) is 131 cm³/mol. The minimum absolute atomic E-state index is 0.0231. The van der Waals surface area contributed by atoms with Gasteiger partial charge in [0.15, 0.2) is 0 Å². The summed E-state index contributed by atoms with van der Waals surface area (Å²) in [4.78, 5) is 31.8. The van der Waals surface area contributed by atoms with Gasteiger partial charge in [0, 0.05) is 24.5 Å². The lowest BCUT2D eigenvalue weighted by Crippen LogP contribution is -2.29. The molecular weight excluding hydrogens is 475 g/mol. The van der Waals surface area contributed by atoms with Crippen molar-refractivity contribution in [3.05, 3.63) is 99.3 Å². The predicted octanol–water partition coefficient (Wildman–Crippen LogP) is 5.80. The number of aliphatic hydroxyl groups is 1. The highest BCUT2D eigenvalue weighted by Crippen LogP contribution is 2.42. The highest BCUT2D eigenvalue weighted by Gasteiger charge is 2.46. The van der Waals surface area contributed by atoms with E-state index >= 15 is 0 Å². The van der Waals surface area contributed by atoms with E-state index in [1.54, 1.807) is 67.0 Å². The number of amides is 1. The number of benzene rings is 2. The van der Waals surface area contributed by atoms with Crippen LogP contribution < -0.4 is 4.74 Å². The van der Waals surface area contributed by atoms with Gasteiger partial charge in [-0.15, -0.1) is 0 Å². The quantitative estimate of drug-likeness (QED) is 0.254. The van der Waals surface area contributed by atoms with E-state index in [2.05, 4.69) is 4.98 Å². The number of likely N-dealkylation sites (tertiary alicyclic amines) is 1. The molecule has 1 fully saturated rings. The molecule has 6 nitrogen and oxygen atoms in total. The van der Waals surface area contributed by atoms with E-state index in [1.807, 2.05) is 6.92 Å². The first kappa shape index (κ1) is 23.8. The Morgan fingerprint density at radius 2 is 1.82 bits per heavy atom. The molecule has 0 radical (unpaired) electrons. The lowest BCUT2D eigenvalue weighted by Gasteiger charge is -2.25. The molecule has 4 rings (SSSR count). The van der Waals surface area contributed by atoms with Crippen LogP contribution in [0.4, 0.5) is 0 Å². The molecule has 1 saturated heterocycles. The highest BCUT2D eigenvalue weighted by atomic mass is 35.5. The number of hydrogen-bond donors (Lipinski definition) is 1. The Bertz CT molecular complexity index is 1260. The van der Waals surface area contributed by atoms with E-state index in [9.17, 15) is 14.7 Å². The minimum Gasteiger partial charge on any atom is -0.507 e. The molecule has 0 bridgehead atoms. The number of ketones is 1. The Kier molecular flexibility index (Phi) is 7.20. The third-order valence-corrected chi connectivity index (χ3v) is 6.22. The number of ether oxygens (including phenoxy) is 1. The monoisotopic (exact) mass is 496 g/mol. The molecule has 34 heavy (non-hydrogen) atoms. The van der Waals surface area contributed by atoms with Gasteiger partial charge in [0.05, 0.1) is 28.3 Å². The van der Waals surface area contributed by atoms with Gasteiger partial charge in [-0.2, -0.15) is 0 Å². The maximum absolute atomic E-state index is 13.2. The van der Waals surface area contributed by atoms with Crippen LogP contribution in [0.15, 0.2) is 72.6 Å². The Morgan fingerprint density at radius 1 is 1.06 bits per heavy atom. The van der Waals surface area contributed by atoms with E-state index in [4.69, 9.17) is 27.9 Å². The smallest absolute Gasteiger partial charge is 0.295 e. The van der Waals surface area contributed by atoms with Crippen LogP contribution in [-0.4, -0.2) is 33.3 Å². The largest absolute Gasteiger partial charge is 0.507 e. The maximum Gasteiger partial charge on any atom is 0.295 e. The van der Waals surface area contributed by atoms with Crippen molar-refractivity contribution in [3.8, 4) is 5.75 Å². The van der Waals surface area contributed by atoms with E-state index in [1.165, 1.54) is 4.90 Å². The van der Waals surface area contributed by atoms with Gasteiger partial charge in [-0.1, -0.05) is 48.3 Å². The van der Waals surface area contributed by atoms with Crippen molar-refractivity contribution in [1.82, 2.24) is 9.88 Å². The SMILES string of the molecule is CCCOc1cccc(/C(O)=C2\C(=O)C(=O)N(Cc3ccncc3)C2c2ccc(Cl)c(Cl)c2)c1. The molecule has 1 amide bonds. The average Bonchev–Trinajstić information content (AvgIpc) is 3.09. The number of Topliss-reactive ketones (excluding diaryl/α,β-unsaturated/α-hetero) is 1. The first-order chi connectivity index (χ1) is 16.4. The van der Waals surface area contributed by atoms with Crippen molar-refractivity contribution in [2.24, 2.45) is 0 Å². The topological polar surface area (TPSA) is 79.7 Å². The number of hydrogen-bond acceptors (Lipinski definition) is 5. The van der Waals surface area contributed by atoms with Gasteiger partial charge in [-0.05, 0) is 53.9 Å². The van der Waals surface area contributed by atoms with Crippen LogP contribution in [0.3, 0.4) is 0 Å². The van der Waals surface area contributed by atoms with Crippen LogP contribution in [0.5, 0.6) is 5.75 Å². The summed E-state index contributed by atoms with van der Waals surface area (Å²) in [5.41, 5.74) is 1.70. The number of aromatic nitrogens is 1. The second kappa shape index (κ2) is 10.3. The standard InChI is InChI=1S/C26H22Cl2N2O4/c1-2-12-34-19-5-3-4-18(13-19)24(31)22-23(17-6-7-20(27)21(28)14-17)30(26(33)25(22)32)15-16-8-10-29-11-9-16/h3-11,13-14,23,31H,2,12,15H2,1H3/b24-22+. The molecule has 1 aromatic heterocycles. The van der Waals surface area contributed by atoms with Crippen LogP contribution in [-0.2, 0) is 16.1 Å². The molecule has 0 spiro atoms. The van der Waals surface area contributed by atoms with E-state index < -0.39 is 17.7 Å². The molecule has 8 heteroatoms. The minimum atomic E-state index is -0.858. The molecular formula is C26H22Cl2N2O4. The van der Waals surface area contributed by atoms with Crippen molar-refractivity contribution < 1.29 is 19.4 Å². The molecule has 174 valence electrons. The number of halogens is 2. The van der Waals surface area contributed by atoms with Gasteiger partial charge in [0.2, 0.25) is 0 Å². The summed E-state index contributed by atoms with van der Waals surface area (Å²) in [7, 11) is 0. The molecule has 0 saturated carbocycles. The van der Waals surface area contributed by atoms with Crippen LogP contribution in [0.2, 0.25) is 10.0 Å². The van der Waals surface area contributed by atoms with Gasteiger partial charge in [-0.3, -0.25) is 14.6 Å². The number of rotatable bonds is 7. The molecule has 2 heterocycles. The van der Waals surface area contributed by atoms with Crippen LogP contribution in [0.25, 0.3) is 5.76 Å². The van der Waals surface area contributed by atoms with E-state index in [0.717, 1.165) is 12.0 Å². The second-order valence-electron chi connectivity index (χ2n) is 7.83. The molecule has 1 unspecified atom stereocenters.